The van der Waals surface area contributed by atoms with E-state index in [0.29, 0.717) is 6.61 Å². The minimum atomic E-state index is -0.500. The molecule has 1 aliphatic heterocycles. The Bertz CT molecular complexity index is 1200. The molecule has 0 radical (unpaired) electrons. The normalized spacial score (nSPS) is 12.8. The number of carbonyl (C=O) groups is 1. The maximum absolute atomic E-state index is 12.5. The summed E-state index contributed by atoms with van der Waals surface area (Å²) in [6.45, 7) is 13.5. The average Bonchev–Trinajstić information content (AvgIpc) is 2.72. The topological polar surface area (TPSA) is 81.5 Å². The molecule has 0 fully saturated rings. The third-order valence-electron chi connectivity index (χ3n) is 5.14. The first kappa shape index (κ1) is 26.1. The first-order chi connectivity index (χ1) is 15.9. The molecule has 3 aromatic rings. The highest BCUT2D eigenvalue weighted by Crippen LogP contribution is 2.42. The quantitative estimate of drug-likeness (QED) is 0.425. The Morgan fingerprint density at radius 2 is 1.88 bits per heavy atom. The SMILES string of the molecule is CC(C)(C)O.Cc1nc(C)c(CC(=O)OC(C)C)c(-c2ccc3c4c(ccnc24)CCO3)c1Br. The maximum atomic E-state index is 12.5. The monoisotopic (exact) mass is 528 g/mol. The molecule has 7 heteroatoms. The van der Waals surface area contributed by atoms with Gasteiger partial charge < -0.3 is 14.6 Å². The number of hydrogen-bond acceptors (Lipinski definition) is 6. The van der Waals surface area contributed by atoms with Crippen LogP contribution in [0.25, 0.3) is 22.0 Å². The summed E-state index contributed by atoms with van der Waals surface area (Å²) in [6, 6.07) is 6.07. The highest BCUT2D eigenvalue weighted by atomic mass is 79.9. The molecular weight excluding hydrogens is 496 g/mol. The summed E-state index contributed by atoms with van der Waals surface area (Å²) in [5.74, 6) is 0.596. The third kappa shape index (κ3) is 6.13. The van der Waals surface area contributed by atoms with Crippen LogP contribution in [0.4, 0.5) is 0 Å². The lowest BCUT2D eigenvalue weighted by atomic mass is 9.92. The van der Waals surface area contributed by atoms with Gasteiger partial charge in [-0.05, 0) is 93.7 Å². The van der Waals surface area contributed by atoms with Gasteiger partial charge in [-0.15, -0.1) is 0 Å². The molecule has 0 saturated carbocycles. The van der Waals surface area contributed by atoms with Crippen molar-refractivity contribution in [1.82, 2.24) is 9.97 Å². The van der Waals surface area contributed by atoms with Crippen molar-refractivity contribution in [3.8, 4) is 16.9 Å². The summed E-state index contributed by atoms with van der Waals surface area (Å²) in [6.07, 6.45) is 2.70. The van der Waals surface area contributed by atoms with Gasteiger partial charge in [-0.2, -0.15) is 0 Å². The van der Waals surface area contributed by atoms with Gasteiger partial charge in [-0.3, -0.25) is 14.8 Å². The average molecular weight is 529 g/mol. The van der Waals surface area contributed by atoms with Crippen molar-refractivity contribution in [2.75, 3.05) is 6.61 Å². The van der Waals surface area contributed by atoms with Gasteiger partial charge in [-0.1, -0.05) is 0 Å². The standard InChI is InChI=1S/C23H23BrN2O3.C4H10O/c1-12(2)29-19(27)11-17-13(3)26-14(4)22(24)21(17)16-5-6-18-20-15(8-10-28-18)7-9-25-23(16)20;1-4(2,3)5/h5-7,9,12H,8,10-11H2,1-4H3;5H,1-3H3. The number of carbonyl (C=O) groups excluding carboxylic acids is 1. The maximum Gasteiger partial charge on any atom is 0.310 e. The molecule has 4 rings (SSSR count). The van der Waals surface area contributed by atoms with Gasteiger partial charge in [0.25, 0.3) is 0 Å². The number of ether oxygens (including phenoxy) is 2. The third-order valence-corrected chi connectivity index (χ3v) is 6.11. The summed E-state index contributed by atoms with van der Waals surface area (Å²) in [5, 5.41) is 9.57. The molecule has 0 spiro atoms. The van der Waals surface area contributed by atoms with Crippen LogP contribution in [-0.4, -0.2) is 39.4 Å². The van der Waals surface area contributed by atoms with Gasteiger partial charge in [0.05, 0.1) is 35.9 Å². The first-order valence-electron chi connectivity index (χ1n) is 11.5. The fourth-order valence-corrected chi connectivity index (χ4v) is 4.45. The summed E-state index contributed by atoms with van der Waals surface area (Å²) < 4.78 is 12.1. The second-order valence-corrected chi connectivity index (χ2v) is 10.5. The molecular formula is C27H33BrN2O4. The van der Waals surface area contributed by atoms with E-state index in [4.69, 9.17) is 19.6 Å². The number of aromatic nitrogens is 2. The van der Waals surface area contributed by atoms with Gasteiger partial charge in [0.2, 0.25) is 0 Å². The number of aryl methyl sites for hydroxylation is 2. The Morgan fingerprint density at radius 3 is 2.53 bits per heavy atom. The van der Waals surface area contributed by atoms with Gasteiger partial charge in [-0.25, -0.2) is 0 Å². The molecule has 0 unspecified atom stereocenters. The number of nitrogens with zero attached hydrogens (tertiary/aromatic N) is 2. The highest BCUT2D eigenvalue weighted by molar-refractivity contribution is 9.10. The minimum Gasteiger partial charge on any atom is -0.493 e. The first-order valence-corrected chi connectivity index (χ1v) is 12.3. The molecule has 0 aliphatic carbocycles. The molecule has 34 heavy (non-hydrogen) atoms. The summed E-state index contributed by atoms with van der Waals surface area (Å²) >= 11 is 3.72. The highest BCUT2D eigenvalue weighted by Gasteiger charge is 2.24. The van der Waals surface area contributed by atoms with Crippen LogP contribution < -0.4 is 4.74 Å². The molecule has 0 amide bonds. The van der Waals surface area contributed by atoms with E-state index in [1.807, 2.05) is 46.0 Å². The van der Waals surface area contributed by atoms with E-state index >= 15 is 0 Å². The summed E-state index contributed by atoms with van der Waals surface area (Å²) in [7, 11) is 0. The number of rotatable bonds is 4. The van der Waals surface area contributed by atoms with Crippen LogP contribution in [0.2, 0.25) is 0 Å². The van der Waals surface area contributed by atoms with Crippen LogP contribution in [-0.2, 0) is 22.4 Å². The van der Waals surface area contributed by atoms with Gasteiger partial charge in [0, 0.05) is 39.3 Å². The lowest BCUT2D eigenvalue weighted by molar-refractivity contribution is -0.146. The Kier molecular flexibility index (Phi) is 7.98. The predicted octanol–water partition coefficient (Wildman–Crippen LogP) is 5.88. The van der Waals surface area contributed by atoms with Crippen LogP contribution in [0.15, 0.2) is 28.9 Å². The van der Waals surface area contributed by atoms with Gasteiger partial charge in [0.15, 0.2) is 0 Å². The smallest absolute Gasteiger partial charge is 0.310 e. The van der Waals surface area contributed by atoms with Crippen molar-refractivity contribution in [1.29, 1.82) is 0 Å². The second kappa shape index (κ2) is 10.4. The molecule has 6 nitrogen and oxygen atoms in total. The number of esters is 1. The fourth-order valence-electron chi connectivity index (χ4n) is 3.91. The summed E-state index contributed by atoms with van der Waals surface area (Å²) in [5.41, 5.74) is 6.06. The molecule has 3 heterocycles. The number of aliphatic hydroxyl groups is 1. The molecule has 0 saturated heterocycles. The van der Waals surface area contributed by atoms with Crippen molar-refractivity contribution < 1.29 is 19.4 Å². The van der Waals surface area contributed by atoms with E-state index < -0.39 is 5.60 Å². The number of halogens is 1. The zero-order chi connectivity index (χ0) is 25.2. The lowest BCUT2D eigenvalue weighted by Crippen LogP contribution is -2.16. The Hall–Kier alpha value is -2.51. The minimum absolute atomic E-state index is 0.157. The Balaban J connectivity index is 0.000000588. The van der Waals surface area contributed by atoms with Crippen LogP contribution in [0, 0.1) is 13.8 Å². The van der Waals surface area contributed by atoms with Crippen LogP contribution in [0.5, 0.6) is 5.75 Å². The van der Waals surface area contributed by atoms with Crippen LogP contribution >= 0.6 is 15.9 Å². The number of benzene rings is 1. The molecule has 0 bridgehead atoms. The molecule has 1 aromatic carbocycles. The molecule has 182 valence electrons. The van der Waals surface area contributed by atoms with Gasteiger partial charge in [0.1, 0.15) is 5.75 Å². The number of hydrogen-bond donors (Lipinski definition) is 1. The zero-order valence-corrected chi connectivity index (χ0v) is 22.5. The van der Waals surface area contributed by atoms with E-state index in [9.17, 15) is 4.79 Å². The van der Waals surface area contributed by atoms with E-state index in [2.05, 4.69) is 27.0 Å². The fraction of sp³-hybridized carbons (Fsp3) is 0.444. The molecule has 1 N–H and O–H groups in total. The van der Waals surface area contributed by atoms with E-state index in [1.165, 1.54) is 5.56 Å². The van der Waals surface area contributed by atoms with Crippen molar-refractivity contribution >= 4 is 32.8 Å². The molecule has 2 aromatic heterocycles. The Morgan fingerprint density at radius 1 is 1.21 bits per heavy atom. The number of pyridine rings is 2. The van der Waals surface area contributed by atoms with Crippen molar-refractivity contribution in [3.63, 3.8) is 0 Å². The lowest BCUT2D eigenvalue weighted by Gasteiger charge is -2.22. The van der Waals surface area contributed by atoms with Gasteiger partial charge >= 0.3 is 5.97 Å². The van der Waals surface area contributed by atoms with Crippen LogP contribution in [0.1, 0.15) is 57.1 Å². The van der Waals surface area contributed by atoms with Crippen molar-refractivity contribution in [2.24, 2.45) is 0 Å². The van der Waals surface area contributed by atoms with E-state index in [-0.39, 0.29) is 18.5 Å². The largest absolute Gasteiger partial charge is 0.493 e. The second-order valence-electron chi connectivity index (χ2n) is 9.74. The molecule has 0 atom stereocenters. The van der Waals surface area contributed by atoms with E-state index in [0.717, 1.165) is 55.6 Å². The zero-order valence-electron chi connectivity index (χ0n) is 21.0. The van der Waals surface area contributed by atoms with Crippen molar-refractivity contribution in [2.45, 2.75) is 73.0 Å². The van der Waals surface area contributed by atoms with Crippen molar-refractivity contribution in [3.05, 3.63) is 51.4 Å². The van der Waals surface area contributed by atoms with E-state index in [1.54, 1.807) is 20.8 Å². The predicted molar refractivity (Wildman–Crippen MR) is 138 cm³/mol. The Labute approximate surface area is 209 Å². The summed E-state index contributed by atoms with van der Waals surface area (Å²) in [4.78, 5) is 21.8. The van der Waals surface area contributed by atoms with Crippen LogP contribution in [0.3, 0.4) is 0 Å². The molecule has 1 aliphatic rings.